The summed E-state index contributed by atoms with van der Waals surface area (Å²) in [6.45, 7) is 1.89. The van der Waals surface area contributed by atoms with E-state index in [-0.39, 0.29) is 5.56 Å². The van der Waals surface area contributed by atoms with Crippen molar-refractivity contribution in [3.63, 3.8) is 0 Å². The average Bonchev–Trinajstić information content (AvgIpc) is 2.61. The van der Waals surface area contributed by atoms with E-state index >= 15 is 0 Å². The first kappa shape index (κ1) is 16.3. The van der Waals surface area contributed by atoms with Crippen LogP contribution < -0.4 is 5.32 Å². The van der Waals surface area contributed by atoms with Crippen molar-refractivity contribution in [2.45, 2.75) is 6.92 Å². The second kappa shape index (κ2) is 6.93. The van der Waals surface area contributed by atoms with Gasteiger partial charge in [-0.3, -0.25) is 14.6 Å². The summed E-state index contributed by atoms with van der Waals surface area (Å²) < 4.78 is 0. The molecule has 3 rings (SSSR count). The number of ketones is 1. The number of carbonyl (C=O) groups is 2. The molecule has 2 aromatic carbocycles. The zero-order chi connectivity index (χ0) is 17.8. The molecule has 25 heavy (non-hydrogen) atoms. The molecule has 0 aliphatic rings. The van der Waals surface area contributed by atoms with Gasteiger partial charge in [0.1, 0.15) is 0 Å². The molecule has 122 valence electrons. The van der Waals surface area contributed by atoms with Crippen LogP contribution >= 0.6 is 0 Å². The molecule has 0 saturated heterocycles. The molecule has 0 saturated carbocycles. The lowest BCUT2D eigenvalue weighted by Crippen LogP contribution is -2.29. The third kappa shape index (κ3) is 3.38. The maximum atomic E-state index is 12.8. The number of rotatable bonds is 4. The van der Waals surface area contributed by atoms with Crippen LogP contribution in [0.25, 0.3) is 10.8 Å². The molecule has 0 unspecified atom stereocenters. The van der Waals surface area contributed by atoms with Crippen LogP contribution in [-0.4, -0.2) is 16.7 Å². The summed E-state index contributed by atoms with van der Waals surface area (Å²) in [6, 6.07) is 16.2. The molecule has 0 aliphatic heterocycles. The van der Waals surface area contributed by atoms with Crippen LogP contribution in [0.3, 0.4) is 0 Å². The Kier molecular flexibility index (Phi) is 4.53. The summed E-state index contributed by atoms with van der Waals surface area (Å²) in [7, 11) is 0. The number of anilines is 1. The highest BCUT2D eigenvalue weighted by atomic mass is 16.2. The molecule has 1 heterocycles. The minimum Gasteiger partial charge on any atom is -0.325 e. The van der Waals surface area contributed by atoms with Crippen LogP contribution in [0.15, 0.2) is 60.9 Å². The first-order valence-corrected chi connectivity index (χ1v) is 7.74. The largest absolute Gasteiger partial charge is 0.325 e. The molecule has 0 fully saturated rings. The number of nitriles is 1. The quantitative estimate of drug-likeness (QED) is 0.586. The number of Topliss-reactive ketones (excluding diaryl/α,β-unsaturated/α-hetero) is 1. The highest BCUT2D eigenvalue weighted by Crippen LogP contribution is 2.21. The van der Waals surface area contributed by atoms with Crippen LogP contribution in [0.4, 0.5) is 5.69 Å². The van der Waals surface area contributed by atoms with Gasteiger partial charge in [-0.1, -0.05) is 36.4 Å². The minimum absolute atomic E-state index is 0.268. The average molecular weight is 329 g/mol. The maximum Gasteiger partial charge on any atom is 0.249 e. The molecule has 1 aromatic heterocycles. The van der Waals surface area contributed by atoms with E-state index in [1.165, 1.54) is 6.20 Å². The van der Waals surface area contributed by atoms with Gasteiger partial charge < -0.3 is 5.32 Å². The Morgan fingerprint density at radius 3 is 2.68 bits per heavy atom. The fraction of sp³-hybridized carbons (Fsp3) is 0.100. The van der Waals surface area contributed by atoms with Crippen LogP contribution in [0, 0.1) is 24.2 Å². The predicted octanol–water partition coefficient (Wildman–Crippen LogP) is 3.50. The number of nitrogens with zero attached hydrogens (tertiary/aromatic N) is 2. The highest BCUT2D eigenvalue weighted by Gasteiger charge is 2.29. The zero-order valence-corrected chi connectivity index (χ0v) is 13.6. The van der Waals surface area contributed by atoms with E-state index in [0.29, 0.717) is 11.1 Å². The van der Waals surface area contributed by atoms with Crippen LogP contribution in [0.5, 0.6) is 0 Å². The first-order valence-electron chi connectivity index (χ1n) is 7.74. The van der Waals surface area contributed by atoms with E-state index in [1.807, 2.05) is 31.2 Å². The van der Waals surface area contributed by atoms with Gasteiger partial charge in [0.2, 0.25) is 5.91 Å². The van der Waals surface area contributed by atoms with Gasteiger partial charge in [-0.2, -0.15) is 5.26 Å². The molecule has 5 nitrogen and oxygen atoms in total. The van der Waals surface area contributed by atoms with Crippen LogP contribution in [0.1, 0.15) is 15.9 Å². The number of amides is 1. The smallest absolute Gasteiger partial charge is 0.249 e. The SMILES string of the molecule is Cc1cccc(NC(=O)[C@H](C#N)C(=O)c2cncc3ccccc23)c1. The van der Waals surface area contributed by atoms with Gasteiger partial charge in [0.15, 0.2) is 11.7 Å². The normalized spacial score (nSPS) is 11.5. The van der Waals surface area contributed by atoms with Crippen molar-refractivity contribution in [2.24, 2.45) is 5.92 Å². The van der Waals surface area contributed by atoms with Crippen LogP contribution in [0.2, 0.25) is 0 Å². The van der Waals surface area contributed by atoms with Gasteiger partial charge in [-0.25, -0.2) is 0 Å². The summed E-state index contributed by atoms with van der Waals surface area (Å²) in [5.74, 6) is -2.64. The van der Waals surface area contributed by atoms with Gasteiger partial charge in [0.25, 0.3) is 0 Å². The number of aryl methyl sites for hydroxylation is 1. The van der Waals surface area contributed by atoms with E-state index in [4.69, 9.17) is 0 Å². The second-order valence-corrected chi connectivity index (χ2v) is 5.69. The van der Waals surface area contributed by atoms with Gasteiger partial charge in [0.05, 0.1) is 6.07 Å². The molecule has 3 aromatic rings. The molecule has 0 aliphatic carbocycles. The number of hydrogen-bond donors (Lipinski definition) is 1. The lowest BCUT2D eigenvalue weighted by atomic mass is 9.95. The van der Waals surface area contributed by atoms with Crippen molar-refractivity contribution in [3.05, 3.63) is 72.1 Å². The summed E-state index contributed by atoms with van der Waals surface area (Å²) >= 11 is 0. The molecule has 1 amide bonds. The standard InChI is InChI=1S/C20H15N3O2/c1-13-5-4-7-15(9-13)23-20(25)17(10-21)19(24)18-12-22-11-14-6-2-3-8-16(14)18/h2-9,11-12,17H,1H3,(H,23,25)/t17-/m1/s1. The molecule has 1 atom stereocenters. The lowest BCUT2D eigenvalue weighted by molar-refractivity contribution is -0.117. The highest BCUT2D eigenvalue weighted by molar-refractivity contribution is 6.19. The van der Waals surface area contributed by atoms with Crippen LogP contribution in [-0.2, 0) is 4.79 Å². The van der Waals surface area contributed by atoms with Crippen molar-refractivity contribution in [3.8, 4) is 6.07 Å². The number of fused-ring (bicyclic) bond motifs is 1. The Labute approximate surface area is 144 Å². The fourth-order valence-corrected chi connectivity index (χ4v) is 2.64. The second-order valence-electron chi connectivity index (χ2n) is 5.69. The number of pyridine rings is 1. The summed E-state index contributed by atoms with van der Waals surface area (Å²) in [6.07, 6.45) is 3.04. The van der Waals surface area contributed by atoms with Crippen molar-refractivity contribution < 1.29 is 9.59 Å². The molecule has 0 bridgehead atoms. The Balaban J connectivity index is 1.91. The maximum absolute atomic E-state index is 12.8. The third-order valence-electron chi connectivity index (χ3n) is 3.87. The molecular formula is C20H15N3O2. The predicted molar refractivity (Wildman–Crippen MR) is 95.0 cm³/mol. The van der Waals surface area contributed by atoms with Crippen molar-refractivity contribution in [1.82, 2.24) is 4.98 Å². The first-order chi connectivity index (χ1) is 12.1. The Morgan fingerprint density at radius 1 is 1.12 bits per heavy atom. The topological polar surface area (TPSA) is 82.9 Å². The number of carbonyl (C=O) groups excluding carboxylic acids is 2. The van der Waals surface area contributed by atoms with E-state index in [9.17, 15) is 14.9 Å². The molecule has 0 spiro atoms. The summed E-state index contributed by atoms with van der Waals surface area (Å²) in [5.41, 5.74) is 1.79. The minimum atomic E-state index is -1.44. The van der Waals surface area contributed by atoms with E-state index in [1.54, 1.807) is 36.5 Å². The van der Waals surface area contributed by atoms with E-state index < -0.39 is 17.6 Å². The van der Waals surface area contributed by atoms with Gasteiger partial charge in [-0.05, 0) is 30.0 Å². The van der Waals surface area contributed by atoms with Crippen molar-refractivity contribution in [2.75, 3.05) is 5.32 Å². The summed E-state index contributed by atoms with van der Waals surface area (Å²) in [4.78, 5) is 29.2. The monoisotopic (exact) mass is 329 g/mol. The van der Waals surface area contributed by atoms with Crippen molar-refractivity contribution in [1.29, 1.82) is 5.26 Å². The number of hydrogen-bond acceptors (Lipinski definition) is 4. The Hall–Kier alpha value is -3.52. The fourth-order valence-electron chi connectivity index (χ4n) is 2.64. The zero-order valence-electron chi connectivity index (χ0n) is 13.6. The molecule has 1 N–H and O–H groups in total. The molecule has 5 heteroatoms. The Bertz CT molecular complexity index is 1000. The number of nitrogens with one attached hydrogen (secondary N) is 1. The van der Waals surface area contributed by atoms with Gasteiger partial charge in [-0.15, -0.1) is 0 Å². The lowest BCUT2D eigenvalue weighted by Gasteiger charge is -2.11. The number of benzene rings is 2. The molecule has 0 radical (unpaired) electrons. The molecular weight excluding hydrogens is 314 g/mol. The van der Waals surface area contributed by atoms with Gasteiger partial charge in [0, 0.05) is 29.0 Å². The third-order valence-corrected chi connectivity index (χ3v) is 3.87. The van der Waals surface area contributed by atoms with E-state index in [0.717, 1.165) is 10.9 Å². The van der Waals surface area contributed by atoms with Crippen molar-refractivity contribution >= 4 is 28.2 Å². The van der Waals surface area contributed by atoms with Gasteiger partial charge >= 0.3 is 0 Å². The Morgan fingerprint density at radius 2 is 1.92 bits per heavy atom. The van der Waals surface area contributed by atoms with E-state index in [2.05, 4.69) is 10.3 Å². The summed E-state index contributed by atoms with van der Waals surface area (Å²) in [5, 5.41) is 13.5. The number of aromatic nitrogens is 1.